The fourth-order valence-corrected chi connectivity index (χ4v) is 4.07. The molecule has 2 fully saturated rings. The lowest BCUT2D eigenvalue weighted by molar-refractivity contribution is -0.000400. The van der Waals surface area contributed by atoms with Gasteiger partial charge in [0.15, 0.2) is 0 Å². The Labute approximate surface area is 147 Å². The van der Waals surface area contributed by atoms with Crippen molar-refractivity contribution in [3.63, 3.8) is 0 Å². The first-order chi connectivity index (χ1) is 10.5. The van der Waals surface area contributed by atoms with Crippen LogP contribution in [-0.4, -0.2) is 54.6 Å². The molecule has 2 heterocycles. The summed E-state index contributed by atoms with van der Waals surface area (Å²) in [5.74, 6) is 0. The highest BCUT2D eigenvalue weighted by atomic mass is 35.5. The quantitative estimate of drug-likeness (QED) is 0.911. The molecule has 0 aromatic heterocycles. The van der Waals surface area contributed by atoms with Crippen LogP contribution in [0.1, 0.15) is 32.8 Å². The first kappa shape index (κ1) is 18.7. The van der Waals surface area contributed by atoms with Crippen molar-refractivity contribution in [3.8, 4) is 0 Å². The fourth-order valence-electron chi connectivity index (χ4n) is 4.07. The zero-order valence-corrected chi connectivity index (χ0v) is 15.7. The molecule has 1 aromatic rings. The Kier molecular flexibility index (Phi) is 6.12. The second kappa shape index (κ2) is 7.52. The molecule has 3 nitrogen and oxygen atoms in total. The first-order valence-corrected chi connectivity index (χ1v) is 8.69. The summed E-state index contributed by atoms with van der Waals surface area (Å²) in [6.45, 7) is 15.5. The van der Waals surface area contributed by atoms with Crippen molar-refractivity contribution in [2.24, 2.45) is 5.41 Å². The van der Waals surface area contributed by atoms with Gasteiger partial charge in [0.1, 0.15) is 0 Å². The second-order valence-electron chi connectivity index (χ2n) is 8.17. The number of piperazine rings is 1. The third-order valence-corrected chi connectivity index (χ3v) is 5.43. The number of benzene rings is 1. The van der Waals surface area contributed by atoms with E-state index in [1.54, 1.807) is 0 Å². The highest BCUT2D eigenvalue weighted by molar-refractivity contribution is 5.85. The van der Waals surface area contributed by atoms with Gasteiger partial charge in [-0.2, -0.15) is 0 Å². The Hall–Kier alpha value is -0.610. The van der Waals surface area contributed by atoms with Crippen LogP contribution in [0.25, 0.3) is 0 Å². The molecule has 3 rings (SSSR count). The normalized spacial score (nSPS) is 28.5. The molecule has 0 saturated carbocycles. The van der Waals surface area contributed by atoms with E-state index in [2.05, 4.69) is 66.2 Å². The zero-order chi connectivity index (χ0) is 15.6. The van der Waals surface area contributed by atoms with Crippen molar-refractivity contribution in [1.29, 1.82) is 0 Å². The molecule has 0 spiro atoms. The van der Waals surface area contributed by atoms with Crippen molar-refractivity contribution in [1.82, 2.24) is 15.1 Å². The van der Waals surface area contributed by atoms with Crippen molar-refractivity contribution in [3.05, 3.63) is 35.9 Å². The molecule has 0 bridgehead atoms. The number of nitrogens with one attached hydrogen (secondary N) is 1. The van der Waals surface area contributed by atoms with Crippen LogP contribution in [0.3, 0.4) is 0 Å². The fraction of sp³-hybridized carbons (Fsp3) is 0.684. The largest absolute Gasteiger partial charge is 0.316 e. The van der Waals surface area contributed by atoms with E-state index in [1.165, 1.54) is 51.3 Å². The van der Waals surface area contributed by atoms with Gasteiger partial charge in [-0.15, -0.1) is 12.4 Å². The predicted molar refractivity (Wildman–Crippen MR) is 100 cm³/mol. The molecule has 1 atom stereocenters. The van der Waals surface area contributed by atoms with E-state index in [4.69, 9.17) is 0 Å². The van der Waals surface area contributed by atoms with Gasteiger partial charge in [-0.25, -0.2) is 0 Å². The Morgan fingerprint density at radius 3 is 2.43 bits per heavy atom. The van der Waals surface area contributed by atoms with E-state index < -0.39 is 0 Å². The number of halogens is 1. The van der Waals surface area contributed by atoms with Crippen molar-refractivity contribution >= 4 is 12.4 Å². The van der Waals surface area contributed by atoms with Crippen molar-refractivity contribution < 1.29 is 0 Å². The Bertz CT molecular complexity index is 483. The van der Waals surface area contributed by atoms with E-state index in [1.807, 2.05) is 0 Å². The lowest BCUT2D eigenvalue weighted by Gasteiger charge is -2.49. The van der Waals surface area contributed by atoms with Crippen LogP contribution in [0, 0.1) is 5.41 Å². The minimum atomic E-state index is 0. The molecule has 2 aliphatic rings. The molecular weight excluding hydrogens is 306 g/mol. The maximum absolute atomic E-state index is 3.53. The van der Waals surface area contributed by atoms with Gasteiger partial charge in [0.2, 0.25) is 0 Å². The van der Waals surface area contributed by atoms with E-state index in [-0.39, 0.29) is 17.9 Å². The maximum Gasteiger partial charge on any atom is 0.0284 e. The van der Waals surface area contributed by atoms with Gasteiger partial charge in [0.25, 0.3) is 0 Å². The number of rotatable bonds is 4. The molecule has 1 unspecified atom stereocenters. The predicted octanol–water partition coefficient (Wildman–Crippen LogP) is 3.00. The van der Waals surface area contributed by atoms with Gasteiger partial charge in [-0.3, -0.25) is 9.80 Å². The summed E-state index contributed by atoms with van der Waals surface area (Å²) in [5.41, 5.74) is 2.14. The summed E-state index contributed by atoms with van der Waals surface area (Å²) in [5, 5.41) is 3.53. The second-order valence-corrected chi connectivity index (χ2v) is 8.17. The Balaban J connectivity index is 0.00000192. The highest BCUT2D eigenvalue weighted by Crippen LogP contribution is 2.29. The average molecular weight is 338 g/mol. The molecular formula is C19H32ClN3. The molecule has 0 radical (unpaired) electrons. The molecule has 23 heavy (non-hydrogen) atoms. The van der Waals surface area contributed by atoms with Gasteiger partial charge in [0, 0.05) is 44.8 Å². The number of hydrogen-bond acceptors (Lipinski definition) is 3. The summed E-state index contributed by atoms with van der Waals surface area (Å²) >= 11 is 0. The Morgan fingerprint density at radius 1 is 1.09 bits per heavy atom. The van der Waals surface area contributed by atoms with E-state index in [0.29, 0.717) is 5.41 Å². The SMILES string of the molecule is CC1(CN2CCN(Cc3ccccc3)C(C)(C)C2)CCNC1.Cl. The average Bonchev–Trinajstić information content (AvgIpc) is 2.89. The van der Waals surface area contributed by atoms with Gasteiger partial charge < -0.3 is 5.32 Å². The molecule has 2 saturated heterocycles. The van der Waals surface area contributed by atoms with Crippen LogP contribution in [0.2, 0.25) is 0 Å². The van der Waals surface area contributed by atoms with E-state index in [0.717, 1.165) is 6.54 Å². The van der Waals surface area contributed by atoms with Crippen LogP contribution in [0.5, 0.6) is 0 Å². The highest BCUT2D eigenvalue weighted by Gasteiger charge is 2.37. The lowest BCUT2D eigenvalue weighted by atomic mass is 9.87. The Morgan fingerprint density at radius 2 is 1.83 bits per heavy atom. The summed E-state index contributed by atoms with van der Waals surface area (Å²) in [6, 6.07) is 10.9. The van der Waals surface area contributed by atoms with Crippen LogP contribution >= 0.6 is 12.4 Å². The summed E-state index contributed by atoms with van der Waals surface area (Å²) in [4.78, 5) is 5.34. The molecule has 0 aliphatic carbocycles. The van der Waals surface area contributed by atoms with Gasteiger partial charge >= 0.3 is 0 Å². The third kappa shape index (κ3) is 4.69. The maximum atomic E-state index is 3.53. The first-order valence-electron chi connectivity index (χ1n) is 8.69. The lowest BCUT2D eigenvalue weighted by Crippen LogP contribution is -2.60. The topological polar surface area (TPSA) is 18.5 Å². The summed E-state index contributed by atoms with van der Waals surface area (Å²) in [6.07, 6.45) is 1.32. The smallest absolute Gasteiger partial charge is 0.0284 e. The molecule has 130 valence electrons. The van der Waals surface area contributed by atoms with Crippen LogP contribution in [0.4, 0.5) is 0 Å². The van der Waals surface area contributed by atoms with Gasteiger partial charge in [-0.1, -0.05) is 37.3 Å². The number of nitrogens with zero attached hydrogens (tertiary/aromatic N) is 2. The summed E-state index contributed by atoms with van der Waals surface area (Å²) in [7, 11) is 0. The third-order valence-electron chi connectivity index (χ3n) is 5.43. The molecule has 1 aromatic carbocycles. The minimum absolute atomic E-state index is 0. The monoisotopic (exact) mass is 337 g/mol. The van der Waals surface area contributed by atoms with Crippen LogP contribution < -0.4 is 5.32 Å². The standard InChI is InChI=1S/C19H31N3.ClH/c1-18(2)15-21(16-19(3)9-10-20-14-19)11-12-22(18)13-17-7-5-4-6-8-17;/h4-8,20H,9-16H2,1-3H3;1H. The van der Waals surface area contributed by atoms with Crippen molar-refractivity contribution in [2.45, 2.75) is 39.3 Å². The van der Waals surface area contributed by atoms with E-state index >= 15 is 0 Å². The van der Waals surface area contributed by atoms with Crippen molar-refractivity contribution in [2.75, 3.05) is 39.3 Å². The zero-order valence-electron chi connectivity index (χ0n) is 14.8. The van der Waals surface area contributed by atoms with Gasteiger partial charge in [-0.05, 0) is 37.8 Å². The molecule has 0 amide bonds. The van der Waals surface area contributed by atoms with Crippen LogP contribution in [-0.2, 0) is 6.54 Å². The molecule has 2 aliphatic heterocycles. The van der Waals surface area contributed by atoms with Crippen LogP contribution in [0.15, 0.2) is 30.3 Å². The number of hydrogen-bond donors (Lipinski definition) is 1. The van der Waals surface area contributed by atoms with Gasteiger partial charge in [0.05, 0.1) is 0 Å². The minimum Gasteiger partial charge on any atom is -0.316 e. The van der Waals surface area contributed by atoms with E-state index in [9.17, 15) is 0 Å². The molecule has 4 heteroatoms. The summed E-state index contributed by atoms with van der Waals surface area (Å²) < 4.78 is 0. The molecule has 1 N–H and O–H groups in total.